The third-order valence-corrected chi connectivity index (χ3v) is 0.451. The molecule has 0 rings (SSSR count). The monoisotopic (exact) mass is 100 g/mol. The maximum Gasteiger partial charge on any atom is 0.165 e. The predicted octanol–water partition coefficient (Wildman–Crippen LogP) is 0.0842. The normalized spacial score (nSPS) is 10.6. The van der Waals surface area contributed by atoms with E-state index in [-0.39, 0.29) is 6.54 Å². The number of hydroxylamine groups is 3. The summed E-state index contributed by atoms with van der Waals surface area (Å²) in [5, 5.41) is 18.4. The molecule has 0 aromatic carbocycles. The van der Waals surface area contributed by atoms with Crippen LogP contribution in [0.15, 0.2) is 0 Å². The van der Waals surface area contributed by atoms with Gasteiger partial charge in [0.1, 0.15) is 6.07 Å². The van der Waals surface area contributed by atoms with Crippen molar-refractivity contribution < 1.29 is 4.65 Å². The second-order valence-electron chi connectivity index (χ2n) is 1.89. The second-order valence-corrected chi connectivity index (χ2v) is 1.89. The first kappa shape index (κ1) is 6.41. The van der Waals surface area contributed by atoms with Crippen molar-refractivity contribution in [3.63, 3.8) is 0 Å². The van der Waals surface area contributed by atoms with Gasteiger partial charge in [-0.15, -0.1) is 0 Å². The average molecular weight is 100 g/mol. The smallest absolute Gasteiger partial charge is 0.165 e. The minimum Gasteiger partial charge on any atom is -0.632 e. The van der Waals surface area contributed by atoms with Crippen LogP contribution in [-0.2, 0) is 0 Å². The van der Waals surface area contributed by atoms with Crippen LogP contribution >= 0.6 is 0 Å². The average Bonchev–Trinajstić information content (AvgIpc) is 1.30. The van der Waals surface area contributed by atoms with Gasteiger partial charge in [-0.1, -0.05) is 0 Å². The molecule has 0 saturated heterocycles. The zero-order valence-corrected chi connectivity index (χ0v) is 4.51. The van der Waals surface area contributed by atoms with Crippen molar-refractivity contribution in [1.29, 1.82) is 5.26 Å². The number of rotatable bonds is 1. The van der Waals surface area contributed by atoms with Gasteiger partial charge >= 0.3 is 0 Å². The number of nitriles is 1. The van der Waals surface area contributed by atoms with Crippen LogP contribution in [0.4, 0.5) is 0 Å². The molecule has 0 aliphatic rings. The van der Waals surface area contributed by atoms with Gasteiger partial charge in [-0.2, -0.15) is 5.26 Å². The Morgan fingerprint density at radius 3 is 2.14 bits per heavy atom. The van der Waals surface area contributed by atoms with Crippen LogP contribution in [0.3, 0.4) is 0 Å². The summed E-state index contributed by atoms with van der Waals surface area (Å²) in [5.41, 5.74) is 0. The van der Waals surface area contributed by atoms with Gasteiger partial charge in [-0.05, 0) is 0 Å². The van der Waals surface area contributed by atoms with Crippen molar-refractivity contribution in [1.82, 2.24) is 0 Å². The van der Waals surface area contributed by atoms with Crippen LogP contribution in [0.2, 0.25) is 0 Å². The van der Waals surface area contributed by atoms with Gasteiger partial charge in [0, 0.05) is 0 Å². The third kappa shape index (κ3) is 5.41. The molecule has 0 heterocycles. The van der Waals surface area contributed by atoms with Crippen molar-refractivity contribution >= 4 is 0 Å². The Hall–Kier alpha value is -0.590. The van der Waals surface area contributed by atoms with E-state index in [1.54, 1.807) is 6.07 Å². The molecule has 0 aromatic heterocycles. The highest BCUT2D eigenvalue weighted by molar-refractivity contribution is 4.66. The molecule has 0 radical (unpaired) electrons. The molecule has 0 N–H and O–H groups in total. The quantitative estimate of drug-likeness (QED) is 0.266. The Labute approximate surface area is 42.9 Å². The first-order valence-electron chi connectivity index (χ1n) is 1.97. The summed E-state index contributed by atoms with van der Waals surface area (Å²) < 4.78 is -0.517. The number of quaternary nitrogens is 1. The molecule has 0 unspecified atom stereocenters. The van der Waals surface area contributed by atoms with Crippen molar-refractivity contribution in [3.05, 3.63) is 5.21 Å². The lowest BCUT2D eigenvalue weighted by Gasteiger charge is -2.30. The predicted molar refractivity (Wildman–Crippen MR) is 26.0 cm³/mol. The van der Waals surface area contributed by atoms with E-state index in [1.807, 2.05) is 0 Å². The summed E-state index contributed by atoms with van der Waals surface area (Å²) in [5.74, 6) is 0. The fourth-order valence-electron chi connectivity index (χ4n) is 0.170. The molecule has 0 aliphatic carbocycles. The fraction of sp³-hybridized carbons (Fsp3) is 0.750. The van der Waals surface area contributed by atoms with E-state index in [0.717, 1.165) is 0 Å². The van der Waals surface area contributed by atoms with E-state index in [9.17, 15) is 5.21 Å². The molecule has 3 heteroatoms. The van der Waals surface area contributed by atoms with Gasteiger partial charge in [0.25, 0.3) is 0 Å². The topological polar surface area (TPSA) is 46.8 Å². The second kappa shape index (κ2) is 1.92. The van der Waals surface area contributed by atoms with Gasteiger partial charge in [0.15, 0.2) is 6.54 Å². The van der Waals surface area contributed by atoms with E-state index < -0.39 is 4.65 Å². The standard InChI is InChI=1S/C4H8N2O/c1-6(2,7)4-3-5/h4H2,1-2H3. The van der Waals surface area contributed by atoms with E-state index in [2.05, 4.69) is 0 Å². The number of hydrogen-bond acceptors (Lipinski definition) is 2. The van der Waals surface area contributed by atoms with E-state index in [0.29, 0.717) is 0 Å². The highest BCUT2D eigenvalue weighted by atomic mass is 16.5. The molecular formula is C4H8N2O. The van der Waals surface area contributed by atoms with E-state index in [1.165, 1.54) is 14.1 Å². The van der Waals surface area contributed by atoms with Gasteiger partial charge in [0.2, 0.25) is 0 Å². The molecule has 7 heavy (non-hydrogen) atoms. The number of nitrogens with zero attached hydrogens (tertiary/aromatic N) is 2. The van der Waals surface area contributed by atoms with Crippen LogP contribution in [0, 0.1) is 16.5 Å². The first-order valence-corrected chi connectivity index (χ1v) is 1.97. The van der Waals surface area contributed by atoms with Gasteiger partial charge in [-0.3, -0.25) is 0 Å². The highest BCUT2D eigenvalue weighted by Gasteiger charge is 1.95. The number of hydrogen-bond donors (Lipinski definition) is 0. The first-order chi connectivity index (χ1) is 3.06. The summed E-state index contributed by atoms with van der Waals surface area (Å²) in [6.07, 6.45) is 0. The summed E-state index contributed by atoms with van der Waals surface area (Å²) >= 11 is 0. The minimum atomic E-state index is -0.517. The van der Waals surface area contributed by atoms with E-state index in [4.69, 9.17) is 5.26 Å². The molecule has 40 valence electrons. The molecule has 0 spiro atoms. The van der Waals surface area contributed by atoms with Crippen LogP contribution < -0.4 is 0 Å². The summed E-state index contributed by atoms with van der Waals surface area (Å²) in [6, 6.07) is 1.77. The summed E-state index contributed by atoms with van der Waals surface area (Å²) in [7, 11) is 2.87. The van der Waals surface area contributed by atoms with Crippen molar-refractivity contribution in [2.75, 3.05) is 20.6 Å². The van der Waals surface area contributed by atoms with Crippen LogP contribution in [0.5, 0.6) is 0 Å². The SMILES string of the molecule is C[N+](C)([O-])CC#N. The van der Waals surface area contributed by atoms with Crippen LogP contribution in [0.1, 0.15) is 0 Å². The zero-order chi connectivity index (χ0) is 5.91. The lowest BCUT2D eigenvalue weighted by molar-refractivity contribution is -0.832. The molecule has 0 fully saturated rings. The van der Waals surface area contributed by atoms with Crippen LogP contribution in [-0.4, -0.2) is 25.3 Å². The van der Waals surface area contributed by atoms with Gasteiger partial charge < -0.3 is 9.85 Å². The van der Waals surface area contributed by atoms with Crippen molar-refractivity contribution in [2.24, 2.45) is 0 Å². The molecular weight excluding hydrogens is 92.1 g/mol. The Morgan fingerprint density at radius 2 is 2.14 bits per heavy atom. The lowest BCUT2D eigenvalue weighted by Crippen LogP contribution is -2.32. The largest absolute Gasteiger partial charge is 0.632 e. The fourth-order valence-corrected chi connectivity index (χ4v) is 0.170. The minimum absolute atomic E-state index is 0.0278. The molecule has 0 aromatic rings. The molecule has 3 nitrogen and oxygen atoms in total. The molecule has 0 saturated carbocycles. The Balaban J connectivity index is 3.40. The summed E-state index contributed by atoms with van der Waals surface area (Å²) in [4.78, 5) is 0. The van der Waals surface area contributed by atoms with Gasteiger partial charge in [0.05, 0.1) is 14.1 Å². The lowest BCUT2D eigenvalue weighted by atomic mass is 10.6. The maximum absolute atomic E-state index is 10.4. The summed E-state index contributed by atoms with van der Waals surface area (Å²) in [6.45, 7) is 0.0278. The zero-order valence-electron chi connectivity index (χ0n) is 4.51. The Morgan fingerprint density at radius 1 is 1.71 bits per heavy atom. The Bertz CT molecular complexity index is 86.8. The highest BCUT2D eigenvalue weighted by Crippen LogP contribution is 1.86. The molecule has 0 aliphatic heterocycles. The Kier molecular flexibility index (Phi) is 1.75. The van der Waals surface area contributed by atoms with E-state index >= 15 is 0 Å². The molecule has 0 amide bonds. The van der Waals surface area contributed by atoms with Crippen molar-refractivity contribution in [3.8, 4) is 6.07 Å². The maximum atomic E-state index is 10.4. The molecule has 0 atom stereocenters. The molecule has 0 bridgehead atoms. The van der Waals surface area contributed by atoms with Crippen molar-refractivity contribution in [2.45, 2.75) is 0 Å². The van der Waals surface area contributed by atoms with Gasteiger partial charge in [-0.25, -0.2) is 0 Å². The van der Waals surface area contributed by atoms with Crippen LogP contribution in [0.25, 0.3) is 0 Å². The third-order valence-electron chi connectivity index (χ3n) is 0.451.